The Balaban J connectivity index is 1.54. The van der Waals surface area contributed by atoms with E-state index in [9.17, 15) is 0 Å². The Morgan fingerprint density at radius 3 is 1.62 bits per heavy atom. The molecule has 0 saturated heterocycles. The van der Waals surface area contributed by atoms with E-state index >= 15 is 0 Å². The summed E-state index contributed by atoms with van der Waals surface area (Å²) < 4.78 is 5.67. The van der Waals surface area contributed by atoms with Crippen molar-refractivity contribution in [1.82, 2.24) is 0 Å². The Bertz CT molecular complexity index is 505. The van der Waals surface area contributed by atoms with Crippen molar-refractivity contribution in [3.63, 3.8) is 0 Å². The van der Waals surface area contributed by atoms with Gasteiger partial charge >= 0.3 is 0 Å². The zero-order valence-corrected chi connectivity index (χ0v) is 13.5. The van der Waals surface area contributed by atoms with Gasteiger partial charge in [0.25, 0.3) is 0 Å². The van der Waals surface area contributed by atoms with E-state index in [0.29, 0.717) is 0 Å². The van der Waals surface area contributed by atoms with Gasteiger partial charge in [-0.05, 0) is 61.1 Å². The lowest BCUT2D eigenvalue weighted by Crippen LogP contribution is -2.00. The molecule has 2 aromatic rings. The molecule has 3 heteroatoms. The van der Waals surface area contributed by atoms with Crippen molar-refractivity contribution in [2.45, 2.75) is 25.7 Å². The summed E-state index contributed by atoms with van der Waals surface area (Å²) in [5.41, 5.74) is 2.54. The maximum absolute atomic E-state index is 5.95. The minimum absolute atomic E-state index is 0.794. The van der Waals surface area contributed by atoms with Gasteiger partial charge in [0.2, 0.25) is 0 Å². The van der Waals surface area contributed by atoms with E-state index < -0.39 is 0 Å². The fraction of sp³-hybridized carbons (Fsp3) is 0.333. The Hall–Kier alpha value is -1.02. The van der Waals surface area contributed by atoms with Gasteiger partial charge in [-0.1, -0.05) is 47.5 Å². The highest BCUT2D eigenvalue weighted by molar-refractivity contribution is 6.30. The standard InChI is InChI=1S/C18H20Cl2O/c19-17-9-1-5-15(13-17)7-3-11-21-12-4-8-16-6-2-10-18(20)14-16/h1-2,5-6,9-10,13-14H,3-4,7-8,11-12H2. The van der Waals surface area contributed by atoms with Crippen LogP contribution in [0.25, 0.3) is 0 Å². The lowest BCUT2D eigenvalue weighted by molar-refractivity contribution is 0.130. The largest absolute Gasteiger partial charge is 0.381 e. The molecule has 0 aliphatic carbocycles. The normalized spacial score (nSPS) is 10.8. The van der Waals surface area contributed by atoms with Gasteiger partial charge in [-0.25, -0.2) is 0 Å². The lowest BCUT2D eigenvalue weighted by atomic mass is 10.1. The molecular weight excluding hydrogens is 303 g/mol. The Kier molecular flexibility index (Phi) is 7.08. The molecule has 0 N–H and O–H groups in total. The summed E-state index contributed by atoms with van der Waals surface area (Å²) in [6.07, 6.45) is 4.07. The molecule has 21 heavy (non-hydrogen) atoms. The number of hydrogen-bond donors (Lipinski definition) is 0. The molecule has 0 atom stereocenters. The highest BCUT2D eigenvalue weighted by Crippen LogP contribution is 2.13. The van der Waals surface area contributed by atoms with E-state index in [4.69, 9.17) is 27.9 Å². The number of aryl methyl sites for hydroxylation is 2. The maximum atomic E-state index is 5.95. The van der Waals surface area contributed by atoms with Crippen molar-refractivity contribution >= 4 is 23.2 Å². The molecule has 0 saturated carbocycles. The first kappa shape index (κ1) is 16.4. The zero-order valence-electron chi connectivity index (χ0n) is 12.0. The lowest BCUT2D eigenvalue weighted by Gasteiger charge is -2.05. The van der Waals surface area contributed by atoms with E-state index in [1.807, 2.05) is 36.4 Å². The predicted octanol–water partition coefficient (Wildman–Crippen LogP) is 5.58. The second-order valence-corrected chi connectivity index (χ2v) is 5.95. The summed E-state index contributed by atoms with van der Waals surface area (Å²) in [7, 11) is 0. The average Bonchev–Trinajstić information content (AvgIpc) is 2.46. The third kappa shape index (κ3) is 6.52. The molecular formula is C18H20Cl2O. The third-order valence-electron chi connectivity index (χ3n) is 3.29. The molecule has 0 heterocycles. The number of rotatable bonds is 8. The molecule has 2 rings (SSSR count). The van der Waals surface area contributed by atoms with Gasteiger partial charge in [-0.15, -0.1) is 0 Å². The number of benzene rings is 2. The van der Waals surface area contributed by atoms with Gasteiger partial charge < -0.3 is 4.74 Å². The van der Waals surface area contributed by atoms with E-state index in [1.165, 1.54) is 11.1 Å². The van der Waals surface area contributed by atoms with Crippen molar-refractivity contribution in [2.75, 3.05) is 13.2 Å². The van der Waals surface area contributed by atoms with Crippen molar-refractivity contribution in [3.05, 3.63) is 69.7 Å². The SMILES string of the molecule is Clc1cccc(CCCOCCCc2cccc(Cl)c2)c1. The predicted molar refractivity (Wildman–Crippen MR) is 90.4 cm³/mol. The molecule has 112 valence electrons. The van der Waals surface area contributed by atoms with E-state index in [1.54, 1.807) is 0 Å². The topological polar surface area (TPSA) is 9.23 Å². The van der Waals surface area contributed by atoms with Gasteiger partial charge in [0, 0.05) is 23.3 Å². The Morgan fingerprint density at radius 1 is 0.714 bits per heavy atom. The molecule has 2 aromatic carbocycles. The van der Waals surface area contributed by atoms with Crippen LogP contribution in [0.15, 0.2) is 48.5 Å². The summed E-state index contributed by atoms with van der Waals surface area (Å²) in [5.74, 6) is 0. The van der Waals surface area contributed by atoms with Crippen LogP contribution in [0.2, 0.25) is 10.0 Å². The van der Waals surface area contributed by atoms with Crippen LogP contribution in [0.4, 0.5) is 0 Å². The summed E-state index contributed by atoms with van der Waals surface area (Å²) in [4.78, 5) is 0. The van der Waals surface area contributed by atoms with Crippen LogP contribution in [-0.4, -0.2) is 13.2 Å². The van der Waals surface area contributed by atoms with Gasteiger partial charge in [0.05, 0.1) is 0 Å². The molecule has 0 bridgehead atoms. The molecule has 0 aliphatic heterocycles. The second-order valence-electron chi connectivity index (χ2n) is 5.08. The Morgan fingerprint density at radius 2 is 1.19 bits per heavy atom. The van der Waals surface area contributed by atoms with E-state index in [-0.39, 0.29) is 0 Å². The van der Waals surface area contributed by atoms with Crippen LogP contribution >= 0.6 is 23.2 Å². The fourth-order valence-corrected chi connectivity index (χ4v) is 2.67. The first-order chi connectivity index (χ1) is 10.2. The summed E-state index contributed by atoms with van der Waals surface area (Å²) in [6, 6.07) is 16.0. The first-order valence-electron chi connectivity index (χ1n) is 7.31. The highest BCUT2D eigenvalue weighted by Gasteiger charge is 1.97. The number of halogens is 2. The molecule has 0 aliphatic rings. The fourth-order valence-electron chi connectivity index (χ4n) is 2.24. The van der Waals surface area contributed by atoms with Crippen LogP contribution in [0.5, 0.6) is 0 Å². The quantitative estimate of drug-likeness (QED) is 0.577. The van der Waals surface area contributed by atoms with Crippen LogP contribution in [0.3, 0.4) is 0 Å². The molecule has 0 fully saturated rings. The number of ether oxygens (including phenoxy) is 1. The summed E-state index contributed by atoms with van der Waals surface area (Å²) in [5, 5.41) is 1.60. The smallest absolute Gasteiger partial charge is 0.0469 e. The van der Waals surface area contributed by atoms with Gasteiger partial charge in [0.1, 0.15) is 0 Å². The minimum Gasteiger partial charge on any atom is -0.381 e. The molecule has 0 aromatic heterocycles. The van der Waals surface area contributed by atoms with Gasteiger partial charge in [-0.3, -0.25) is 0 Å². The van der Waals surface area contributed by atoms with Crippen LogP contribution in [-0.2, 0) is 17.6 Å². The van der Waals surface area contributed by atoms with Crippen LogP contribution in [0, 0.1) is 0 Å². The Labute approximate surface area is 136 Å². The summed E-state index contributed by atoms with van der Waals surface area (Å²) >= 11 is 11.9. The van der Waals surface area contributed by atoms with Crippen molar-refractivity contribution < 1.29 is 4.74 Å². The van der Waals surface area contributed by atoms with E-state index in [0.717, 1.165) is 48.9 Å². The molecule has 0 amide bonds. The van der Waals surface area contributed by atoms with Gasteiger partial charge in [0.15, 0.2) is 0 Å². The average molecular weight is 323 g/mol. The monoisotopic (exact) mass is 322 g/mol. The molecule has 0 spiro atoms. The third-order valence-corrected chi connectivity index (χ3v) is 3.76. The molecule has 1 nitrogen and oxygen atoms in total. The second kappa shape index (κ2) is 9.09. The minimum atomic E-state index is 0.794. The van der Waals surface area contributed by atoms with Crippen molar-refractivity contribution in [2.24, 2.45) is 0 Å². The molecule has 0 radical (unpaired) electrons. The first-order valence-corrected chi connectivity index (χ1v) is 8.06. The highest BCUT2D eigenvalue weighted by atomic mass is 35.5. The van der Waals surface area contributed by atoms with Crippen LogP contribution in [0.1, 0.15) is 24.0 Å². The van der Waals surface area contributed by atoms with Gasteiger partial charge in [-0.2, -0.15) is 0 Å². The van der Waals surface area contributed by atoms with Crippen molar-refractivity contribution in [1.29, 1.82) is 0 Å². The molecule has 0 unspecified atom stereocenters. The zero-order chi connectivity index (χ0) is 14.9. The number of hydrogen-bond acceptors (Lipinski definition) is 1. The van der Waals surface area contributed by atoms with E-state index in [2.05, 4.69) is 12.1 Å². The van der Waals surface area contributed by atoms with Crippen molar-refractivity contribution in [3.8, 4) is 0 Å². The van der Waals surface area contributed by atoms with Crippen LogP contribution < -0.4 is 0 Å². The summed E-state index contributed by atoms with van der Waals surface area (Å²) in [6.45, 7) is 1.59. The maximum Gasteiger partial charge on any atom is 0.0469 e.